The monoisotopic (exact) mass is 473 g/mol. The first-order valence-electron chi connectivity index (χ1n) is 13.0. The average molecular weight is 474 g/mol. The SMILES string of the molecule is O=C(N[C@@H]1CCCC[C@H]1C[C@H]1CCCN(c2ccc(-c3cnco3)cc2)C1)OCc1ccccc1. The maximum absolute atomic E-state index is 12.5. The van der Waals surface area contributed by atoms with Crippen molar-refractivity contribution in [3.8, 4) is 11.3 Å². The number of anilines is 1. The molecule has 1 N–H and O–H groups in total. The van der Waals surface area contributed by atoms with Gasteiger partial charge in [-0.2, -0.15) is 0 Å². The van der Waals surface area contributed by atoms with Crippen molar-refractivity contribution in [1.29, 1.82) is 0 Å². The van der Waals surface area contributed by atoms with Crippen molar-refractivity contribution in [2.45, 2.75) is 57.6 Å². The van der Waals surface area contributed by atoms with Crippen LogP contribution in [0.2, 0.25) is 0 Å². The molecular formula is C29H35N3O3. The number of rotatable bonds is 7. The van der Waals surface area contributed by atoms with Crippen molar-refractivity contribution in [2.75, 3.05) is 18.0 Å². The first kappa shape index (κ1) is 23.5. The Kier molecular flexibility index (Phi) is 7.66. The highest BCUT2D eigenvalue weighted by Gasteiger charge is 2.31. The minimum absolute atomic E-state index is 0.212. The predicted octanol–water partition coefficient (Wildman–Crippen LogP) is 6.43. The molecule has 1 amide bonds. The quantitative estimate of drug-likeness (QED) is 0.428. The third-order valence-corrected chi connectivity index (χ3v) is 7.53. The molecule has 1 aromatic heterocycles. The number of benzene rings is 2. The first-order chi connectivity index (χ1) is 17.2. The Morgan fingerprint density at radius 1 is 1.03 bits per heavy atom. The van der Waals surface area contributed by atoms with Gasteiger partial charge in [0.2, 0.25) is 0 Å². The molecule has 35 heavy (non-hydrogen) atoms. The highest BCUT2D eigenvalue weighted by atomic mass is 16.5. The highest BCUT2D eigenvalue weighted by molar-refractivity contribution is 5.67. The lowest BCUT2D eigenvalue weighted by atomic mass is 9.77. The topological polar surface area (TPSA) is 67.6 Å². The molecular weight excluding hydrogens is 438 g/mol. The van der Waals surface area contributed by atoms with Crippen molar-refractivity contribution in [2.24, 2.45) is 11.8 Å². The van der Waals surface area contributed by atoms with Crippen LogP contribution in [0.4, 0.5) is 10.5 Å². The molecule has 184 valence electrons. The Labute approximate surface area is 207 Å². The van der Waals surface area contributed by atoms with Crippen LogP contribution < -0.4 is 10.2 Å². The minimum Gasteiger partial charge on any atom is -0.445 e. The van der Waals surface area contributed by atoms with Crippen LogP contribution in [0.1, 0.15) is 50.5 Å². The van der Waals surface area contributed by atoms with Gasteiger partial charge in [0.15, 0.2) is 12.2 Å². The lowest BCUT2D eigenvalue weighted by Gasteiger charge is -2.39. The lowest BCUT2D eigenvalue weighted by molar-refractivity contribution is 0.122. The molecule has 0 unspecified atom stereocenters. The van der Waals surface area contributed by atoms with E-state index in [-0.39, 0.29) is 12.1 Å². The van der Waals surface area contributed by atoms with Crippen LogP contribution in [0.3, 0.4) is 0 Å². The number of nitrogens with one attached hydrogen (secondary N) is 1. The van der Waals surface area contributed by atoms with E-state index < -0.39 is 0 Å². The number of aromatic nitrogens is 1. The molecule has 1 saturated carbocycles. The van der Waals surface area contributed by atoms with Gasteiger partial charge in [-0.05, 0) is 73.8 Å². The average Bonchev–Trinajstić information content (AvgIpc) is 3.45. The molecule has 3 atom stereocenters. The number of piperidine rings is 1. The van der Waals surface area contributed by atoms with Gasteiger partial charge < -0.3 is 19.4 Å². The molecule has 2 aromatic carbocycles. The van der Waals surface area contributed by atoms with Gasteiger partial charge in [-0.3, -0.25) is 0 Å². The number of hydrogen-bond donors (Lipinski definition) is 1. The van der Waals surface area contributed by atoms with E-state index in [1.165, 1.54) is 44.2 Å². The molecule has 2 fully saturated rings. The van der Waals surface area contributed by atoms with Crippen molar-refractivity contribution in [3.63, 3.8) is 0 Å². The van der Waals surface area contributed by atoms with Gasteiger partial charge in [-0.1, -0.05) is 43.2 Å². The third-order valence-electron chi connectivity index (χ3n) is 7.53. The Morgan fingerprint density at radius 3 is 2.66 bits per heavy atom. The molecule has 1 aliphatic carbocycles. The number of ether oxygens (including phenoxy) is 1. The summed E-state index contributed by atoms with van der Waals surface area (Å²) in [5, 5.41) is 3.20. The van der Waals surface area contributed by atoms with E-state index in [9.17, 15) is 4.79 Å². The van der Waals surface area contributed by atoms with Crippen LogP contribution in [0, 0.1) is 11.8 Å². The largest absolute Gasteiger partial charge is 0.445 e. The van der Waals surface area contributed by atoms with Crippen molar-refractivity contribution < 1.29 is 13.9 Å². The number of oxazole rings is 1. The number of alkyl carbamates (subject to hydrolysis) is 1. The summed E-state index contributed by atoms with van der Waals surface area (Å²) >= 11 is 0. The van der Waals surface area contributed by atoms with Gasteiger partial charge >= 0.3 is 6.09 Å². The van der Waals surface area contributed by atoms with Crippen molar-refractivity contribution in [3.05, 3.63) is 72.8 Å². The number of amides is 1. The second-order valence-electron chi connectivity index (χ2n) is 9.96. The number of carbonyl (C=O) groups excluding carboxylic acids is 1. The number of nitrogens with zero attached hydrogens (tertiary/aromatic N) is 2. The molecule has 3 aromatic rings. The van der Waals surface area contributed by atoms with E-state index in [1.807, 2.05) is 30.3 Å². The normalized spacial score (nSPS) is 22.5. The zero-order valence-corrected chi connectivity index (χ0v) is 20.3. The molecule has 0 bridgehead atoms. The van der Waals surface area contributed by atoms with Crippen LogP contribution in [0.25, 0.3) is 11.3 Å². The summed E-state index contributed by atoms with van der Waals surface area (Å²) in [7, 11) is 0. The van der Waals surface area contributed by atoms with Gasteiger partial charge in [0.25, 0.3) is 0 Å². The Bertz CT molecular complexity index is 1050. The van der Waals surface area contributed by atoms with E-state index in [4.69, 9.17) is 9.15 Å². The Hall–Kier alpha value is -3.28. The molecule has 0 spiro atoms. The van der Waals surface area contributed by atoms with Crippen molar-refractivity contribution >= 4 is 11.8 Å². The molecule has 2 aliphatic rings. The van der Waals surface area contributed by atoms with E-state index >= 15 is 0 Å². The molecule has 6 heteroatoms. The fourth-order valence-electron chi connectivity index (χ4n) is 5.71. The van der Waals surface area contributed by atoms with E-state index in [2.05, 4.69) is 39.5 Å². The summed E-state index contributed by atoms with van der Waals surface area (Å²) in [4.78, 5) is 19.0. The number of carbonyl (C=O) groups is 1. The van der Waals surface area contributed by atoms with Crippen LogP contribution in [0.15, 0.2) is 71.6 Å². The molecule has 6 nitrogen and oxygen atoms in total. The minimum atomic E-state index is -0.289. The summed E-state index contributed by atoms with van der Waals surface area (Å²) in [5.41, 5.74) is 3.33. The Morgan fingerprint density at radius 2 is 1.86 bits per heavy atom. The second kappa shape index (κ2) is 11.4. The van der Waals surface area contributed by atoms with E-state index in [1.54, 1.807) is 6.20 Å². The van der Waals surface area contributed by atoms with E-state index in [0.29, 0.717) is 18.4 Å². The van der Waals surface area contributed by atoms with Gasteiger partial charge in [-0.25, -0.2) is 9.78 Å². The predicted molar refractivity (Wildman–Crippen MR) is 137 cm³/mol. The summed E-state index contributed by atoms with van der Waals surface area (Å²) in [6.45, 7) is 2.48. The highest BCUT2D eigenvalue weighted by Crippen LogP contribution is 2.34. The van der Waals surface area contributed by atoms with Crippen molar-refractivity contribution in [1.82, 2.24) is 10.3 Å². The zero-order chi connectivity index (χ0) is 23.9. The molecule has 0 radical (unpaired) electrons. The Balaban J connectivity index is 1.14. The van der Waals surface area contributed by atoms with Crippen LogP contribution >= 0.6 is 0 Å². The van der Waals surface area contributed by atoms with Gasteiger partial charge in [-0.15, -0.1) is 0 Å². The summed E-state index contributed by atoms with van der Waals surface area (Å²) < 4.78 is 10.9. The molecule has 1 saturated heterocycles. The fraction of sp³-hybridized carbons (Fsp3) is 0.448. The third kappa shape index (κ3) is 6.24. The van der Waals surface area contributed by atoms with Crippen LogP contribution in [-0.2, 0) is 11.3 Å². The lowest BCUT2D eigenvalue weighted by Crippen LogP contribution is -2.44. The van der Waals surface area contributed by atoms with E-state index in [0.717, 1.165) is 42.8 Å². The molecule has 2 heterocycles. The zero-order valence-electron chi connectivity index (χ0n) is 20.3. The second-order valence-corrected chi connectivity index (χ2v) is 9.96. The maximum atomic E-state index is 12.5. The smallest absolute Gasteiger partial charge is 0.407 e. The van der Waals surface area contributed by atoms with Crippen LogP contribution in [-0.4, -0.2) is 30.2 Å². The first-order valence-corrected chi connectivity index (χ1v) is 13.0. The standard InChI is InChI=1S/C29H35N3O3/c33-29(34-20-22-7-2-1-3-8-22)31-27-11-5-4-10-25(27)17-23-9-6-16-32(19-23)26-14-12-24(13-15-26)28-18-30-21-35-28/h1-3,7-8,12-15,18,21,23,25,27H,4-6,9-11,16-17,19-20H2,(H,31,33)/t23-,25+,27-/m1/s1. The van der Waals surface area contributed by atoms with Crippen LogP contribution in [0.5, 0.6) is 0 Å². The molecule has 5 rings (SSSR count). The summed E-state index contributed by atoms with van der Waals surface area (Å²) in [6.07, 6.45) is 11.2. The fourth-order valence-corrected chi connectivity index (χ4v) is 5.71. The molecule has 1 aliphatic heterocycles. The van der Waals surface area contributed by atoms with Gasteiger partial charge in [0.05, 0.1) is 6.20 Å². The summed E-state index contributed by atoms with van der Waals surface area (Å²) in [6, 6.07) is 18.7. The maximum Gasteiger partial charge on any atom is 0.407 e. The van der Waals surface area contributed by atoms with Gasteiger partial charge in [0.1, 0.15) is 6.61 Å². The summed E-state index contributed by atoms with van der Waals surface area (Å²) in [5.74, 6) is 1.96. The van der Waals surface area contributed by atoms with Gasteiger partial charge in [0, 0.05) is 30.4 Å². The number of hydrogen-bond acceptors (Lipinski definition) is 5.